The van der Waals surface area contributed by atoms with Crippen LogP contribution in [0.25, 0.3) is 0 Å². The Bertz CT molecular complexity index is 764. The highest BCUT2D eigenvalue weighted by Gasteiger charge is 2.37. The SMILES string of the molecule is Cc1[nH]ncc1CCCN1C(=O)NC(Cc2cn(C(C)C)nn2)C1=O. The average molecular weight is 345 g/mol. The maximum atomic E-state index is 12.5. The van der Waals surface area contributed by atoms with E-state index < -0.39 is 6.04 Å². The molecule has 0 aliphatic carbocycles. The van der Waals surface area contributed by atoms with Crippen LogP contribution in [-0.4, -0.2) is 54.6 Å². The summed E-state index contributed by atoms with van der Waals surface area (Å²) in [4.78, 5) is 25.9. The summed E-state index contributed by atoms with van der Waals surface area (Å²) in [5.74, 6) is -0.201. The Morgan fingerprint density at radius 2 is 2.12 bits per heavy atom. The topological polar surface area (TPSA) is 109 Å². The summed E-state index contributed by atoms with van der Waals surface area (Å²) in [5, 5.41) is 17.7. The number of rotatable bonds is 7. The summed E-state index contributed by atoms with van der Waals surface area (Å²) in [7, 11) is 0. The molecule has 3 amide bonds. The lowest BCUT2D eigenvalue weighted by Crippen LogP contribution is -2.33. The molecular weight excluding hydrogens is 322 g/mol. The van der Waals surface area contributed by atoms with Crippen LogP contribution in [0.5, 0.6) is 0 Å². The van der Waals surface area contributed by atoms with Gasteiger partial charge in [-0.2, -0.15) is 5.10 Å². The molecule has 2 aromatic rings. The molecule has 134 valence electrons. The summed E-state index contributed by atoms with van der Waals surface area (Å²) in [6.07, 6.45) is 5.42. The number of imide groups is 1. The minimum absolute atomic E-state index is 0.201. The molecule has 0 spiro atoms. The first kappa shape index (κ1) is 17.1. The number of urea groups is 1. The highest BCUT2D eigenvalue weighted by molar-refractivity contribution is 6.04. The van der Waals surface area contributed by atoms with E-state index in [4.69, 9.17) is 0 Å². The highest BCUT2D eigenvalue weighted by atomic mass is 16.2. The zero-order chi connectivity index (χ0) is 18.0. The highest BCUT2D eigenvalue weighted by Crippen LogP contribution is 2.14. The molecule has 1 saturated heterocycles. The van der Waals surface area contributed by atoms with Crippen LogP contribution in [0.15, 0.2) is 12.4 Å². The second-order valence-corrected chi connectivity index (χ2v) is 6.60. The van der Waals surface area contributed by atoms with E-state index in [0.29, 0.717) is 25.1 Å². The maximum absolute atomic E-state index is 12.5. The molecule has 2 aromatic heterocycles. The molecule has 1 unspecified atom stereocenters. The predicted molar refractivity (Wildman–Crippen MR) is 89.8 cm³/mol. The second-order valence-electron chi connectivity index (χ2n) is 6.60. The molecule has 9 heteroatoms. The number of carbonyl (C=O) groups excluding carboxylic acids is 2. The van der Waals surface area contributed by atoms with Crippen molar-refractivity contribution in [3.8, 4) is 0 Å². The zero-order valence-corrected chi connectivity index (χ0v) is 14.7. The average Bonchev–Trinajstić information content (AvgIpc) is 3.25. The third kappa shape index (κ3) is 3.70. The molecule has 0 bridgehead atoms. The summed E-state index contributed by atoms with van der Waals surface area (Å²) < 4.78 is 1.74. The van der Waals surface area contributed by atoms with Gasteiger partial charge in [-0.1, -0.05) is 5.21 Å². The molecule has 0 radical (unpaired) electrons. The lowest BCUT2D eigenvalue weighted by molar-refractivity contribution is -0.127. The lowest BCUT2D eigenvalue weighted by atomic mass is 10.1. The van der Waals surface area contributed by atoms with Crippen molar-refractivity contribution in [1.82, 2.24) is 35.4 Å². The van der Waals surface area contributed by atoms with Crippen molar-refractivity contribution in [2.75, 3.05) is 6.54 Å². The smallest absolute Gasteiger partial charge is 0.324 e. The van der Waals surface area contributed by atoms with E-state index in [1.165, 1.54) is 4.90 Å². The third-order valence-corrected chi connectivity index (χ3v) is 4.37. The molecule has 3 rings (SSSR count). The Kier molecular flexibility index (Phi) is 4.82. The molecule has 0 aromatic carbocycles. The van der Waals surface area contributed by atoms with E-state index in [0.717, 1.165) is 17.7 Å². The molecule has 1 fully saturated rings. The Labute approximate surface area is 145 Å². The zero-order valence-electron chi connectivity index (χ0n) is 14.7. The van der Waals surface area contributed by atoms with Crippen molar-refractivity contribution in [3.63, 3.8) is 0 Å². The Morgan fingerprint density at radius 1 is 1.32 bits per heavy atom. The fraction of sp³-hybridized carbons (Fsp3) is 0.562. The second kappa shape index (κ2) is 7.04. The van der Waals surface area contributed by atoms with Gasteiger partial charge in [-0.3, -0.25) is 14.8 Å². The van der Waals surface area contributed by atoms with Gasteiger partial charge in [0.25, 0.3) is 5.91 Å². The largest absolute Gasteiger partial charge is 0.325 e. The number of nitrogens with one attached hydrogen (secondary N) is 2. The van der Waals surface area contributed by atoms with Gasteiger partial charge >= 0.3 is 6.03 Å². The number of amides is 3. The number of carbonyl (C=O) groups is 2. The molecule has 2 N–H and O–H groups in total. The van der Waals surface area contributed by atoms with E-state index in [2.05, 4.69) is 25.8 Å². The van der Waals surface area contributed by atoms with Gasteiger partial charge in [0, 0.05) is 30.9 Å². The number of hydrogen-bond donors (Lipinski definition) is 2. The minimum Gasteiger partial charge on any atom is -0.325 e. The third-order valence-electron chi connectivity index (χ3n) is 4.37. The quantitative estimate of drug-likeness (QED) is 0.727. The molecule has 25 heavy (non-hydrogen) atoms. The summed E-state index contributed by atoms with van der Waals surface area (Å²) >= 11 is 0. The van der Waals surface area contributed by atoms with Crippen molar-refractivity contribution >= 4 is 11.9 Å². The molecular formula is C16H23N7O2. The van der Waals surface area contributed by atoms with E-state index >= 15 is 0 Å². The standard InChI is InChI=1S/C16H23N7O2/c1-10(2)23-9-13(20-21-23)7-14-15(24)22(16(25)18-14)6-4-5-12-8-17-19-11(12)3/h8-10,14H,4-7H2,1-3H3,(H,17,19)(H,18,25). The number of hydrogen-bond acceptors (Lipinski definition) is 5. The normalized spacial score (nSPS) is 17.6. The lowest BCUT2D eigenvalue weighted by Gasteiger charge is -2.12. The van der Waals surface area contributed by atoms with Crippen molar-refractivity contribution in [1.29, 1.82) is 0 Å². The van der Waals surface area contributed by atoms with Gasteiger partial charge in [0.2, 0.25) is 0 Å². The number of aromatic amines is 1. The predicted octanol–water partition coefficient (Wildman–Crippen LogP) is 0.986. The molecule has 1 atom stereocenters. The van der Waals surface area contributed by atoms with Gasteiger partial charge < -0.3 is 5.32 Å². The van der Waals surface area contributed by atoms with E-state index in [1.54, 1.807) is 10.9 Å². The van der Waals surface area contributed by atoms with Crippen LogP contribution in [0, 0.1) is 6.92 Å². The van der Waals surface area contributed by atoms with Gasteiger partial charge in [-0.05, 0) is 39.2 Å². The summed E-state index contributed by atoms with van der Waals surface area (Å²) in [6, 6.07) is -0.700. The Hall–Kier alpha value is -2.71. The van der Waals surface area contributed by atoms with Crippen molar-refractivity contribution < 1.29 is 9.59 Å². The van der Waals surface area contributed by atoms with Crippen molar-refractivity contribution in [2.45, 2.75) is 52.1 Å². The molecule has 9 nitrogen and oxygen atoms in total. The van der Waals surface area contributed by atoms with Crippen LogP contribution in [-0.2, 0) is 17.6 Å². The molecule has 0 saturated carbocycles. The van der Waals surface area contributed by atoms with Crippen LogP contribution >= 0.6 is 0 Å². The fourth-order valence-corrected chi connectivity index (χ4v) is 2.85. The Balaban J connectivity index is 1.55. The van der Waals surface area contributed by atoms with E-state index in [1.807, 2.05) is 27.0 Å². The Morgan fingerprint density at radius 3 is 2.76 bits per heavy atom. The fourth-order valence-electron chi connectivity index (χ4n) is 2.85. The van der Waals surface area contributed by atoms with Crippen LogP contribution in [0.1, 0.15) is 43.3 Å². The summed E-state index contributed by atoms with van der Waals surface area (Å²) in [5.41, 5.74) is 2.82. The van der Waals surface area contributed by atoms with Crippen LogP contribution < -0.4 is 5.32 Å². The maximum Gasteiger partial charge on any atom is 0.324 e. The molecule has 3 heterocycles. The van der Waals surface area contributed by atoms with Gasteiger partial charge in [0.05, 0.1) is 11.9 Å². The van der Waals surface area contributed by atoms with E-state index in [9.17, 15) is 9.59 Å². The van der Waals surface area contributed by atoms with Crippen LogP contribution in [0.3, 0.4) is 0 Å². The first-order chi connectivity index (χ1) is 12.0. The first-order valence-electron chi connectivity index (χ1n) is 8.47. The van der Waals surface area contributed by atoms with Crippen molar-refractivity contribution in [3.05, 3.63) is 29.3 Å². The number of aryl methyl sites for hydroxylation is 2. The van der Waals surface area contributed by atoms with Gasteiger partial charge in [0.1, 0.15) is 6.04 Å². The van der Waals surface area contributed by atoms with Crippen LogP contribution in [0.2, 0.25) is 0 Å². The van der Waals surface area contributed by atoms with Crippen molar-refractivity contribution in [2.24, 2.45) is 0 Å². The monoisotopic (exact) mass is 345 g/mol. The minimum atomic E-state index is -0.569. The number of aromatic nitrogens is 5. The van der Waals surface area contributed by atoms with E-state index in [-0.39, 0.29) is 18.0 Å². The number of H-pyrrole nitrogens is 1. The first-order valence-corrected chi connectivity index (χ1v) is 8.47. The summed E-state index contributed by atoms with van der Waals surface area (Å²) in [6.45, 7) is 6.36. The van der Waals surface area contributed by atoms with Crippen LogP contribution in [0.4, 0.5) is 4.79 Å². The van der Waals surface area contributed by atoms with Gasteiger partial charge in [-0.15, -0.1) is 5.10 Å². The van der Waals surface area contributed by atoms with Gasteiger partial charge in [0.15, 0.2) is 0 Å². The number of nitrogens with zero attached hydrogens (tertiary/aromatic N) is 5. The molecule has 1 aliphatic rings. The van der Waals surface area contributed by atoms with Gasteiger partial charge in [-0.25, -0.2) is 9.48 Å². The molecule has 1 aliphatic heterocycles.